The molecule has 0 radical (unpaired) electrons. The van der Waals surface area contributed by atoms with Gasteiger partial charge >= 0.3 is 5.69 Å². The van der Waals surface area contributed by atoms with E-state index in [1.165, 1.54) is 18.0 Å². The molecular weight excluding hydrogens is 218 g/mol. The molecule has 15 heavy (non-hydrogen) atoms. The summed E-state index contributed by atoms with van der Waals surface area (Å²) in [5.41, 5.74) is 5.58. The molecule has 1 aromatic heterocycles. The number of aliphatic hydroxyl groups excluding tert-OH is 1. The fourth-order valence-corrected chi connectivity index (χ4v) is 2.36. The van der Waals surface area contributed by atoms with Crippen molar-refractivity contribution in [3.05, 3.63) is 22.2 Å². The average molecular weight is 229 g/mol. The molecule has 2 atom stereocenters. The summed E-state index contributed by atoms with van der Waals surface area (Å²) in [7, 11) is 0. The van der Waals surface area contributed by atoms with Crippen LogP contribution in [0, 0.1) is 0 Å². The molecule has 0 aliphatic carbocycles. The molecule has 4 N–H and O–H groups in total. The highest BCUT2D eigenvalue weighted by atomic mass is 32.2. The normalized spacial score (nSPS) is 25.7. The van der Waals surface area contributed by atoms with Crippen molar-refractivity contribution in [1.82, 2.24) is 9.97 Å². The van der Waals surface area contributed by atoms with Crippen LogP contribution in [0.3, 0.4) is 0 Å². The van der Waals surface area contributed by atoms with E-state index in [1.54, 1.807) is 0 Å². The van der Waals surface area contributed by atoms with Crippen molar-refractivity contribution < 1.29 is 9.84 Å². The van der Waals surface area contributed by atoms with Crippen LogP contribution in [0.25, 0.3) is 0 Å². The zero-order chi connectivity index (χ0) is 10.8. The monoisotopic (exact) mass is 229 g/mol. The number of nitrogen functional groups attached to an aromatic ring is 1. The lowest BCUT2D eigenvalue weighted by atomic mass is 10.2. The highest BCUT2D eigenvalue weighted by Crippen LogP contribution is 2.35. The van der Waals surface area contributed by atoms with E-state index in [1.807, 2.05) is 0 Å². The zero-order valence-corrected chi connectivity index (χ0v) is 8.66. The molecule has 0 saturated carbocycles. The molecule has 0 unspecified atom stereocenters. The van der Waals surface area contributed by atoms with E-state index in [0.717, 1.165) is 0 Å². The molecule has 0 spiro atoms. The maximum atomic E-state index is 10.8. The summed E-state index contributed by atoms with van der Waals surface area (Å²) < 4.78 is 5.49. The predicted octanol–water partition coefficient (Wildman–Crippen LogP) is -0.525. The minimum atomic E-state index is -0.472. The molecule has 1 aliphatic rings. The first-order chi connectivity index (χ1) is 7.20. The summed E-state index contributed by atoms with van der Waals surface area (Å²) in [6.45, 7) is -0.0299. The summed E-state index contributed by atoms with van der Waals surface area (Å²) >= 11 is 1.51. The van der Waals surface area contributed by atoms with E-state index in [9.17, 15) is 4.79 Å². The van der Waals surface area contributed by atoms with Gasteiger partial charge in [-0.2, -0.15) is 4.98 Å². The first-order valence-electron chi connectivity index (χ1n) is 4.43. The second-order valence-corrected chi connectivity index (χ2v) is 4.31. The van der Waals surface area contributed by atoms with Crippen LogP contribution in [0.15, 0.2) is 11.0 Å². The number of hydrogen-bond donors (Lipinski definition) is 3. The van der Waals surface area contributed by atoms with Crippen molar-refractivity contribution in [2.24, 2.45) is 0 Å². The van der Waals surface area contributed by atoms with Crippen LogP contribution in [0.5, 0.6) is 0 Å². The molecule has 1 saturated heterocycles. The molecule has 7 heteroatoms. The molecule has 6 nitrogen and oxygen atoms in total. The highest BCUT2D eigenvalue weighted by molar-refractivity contribution is 8.00. The Kier molecular flexibility index (Phi) is 2.94. The lowest BCUT2D eigenvalue weighted by molar-refractivity contribution is 0.0345. The van der Waals surface area contributed by atoms with Gasteiger partial charge in [0, 0.05) is 17.5 Å². The molecule has 82 valence electrons. The van der Waals surface area contributed by atoms with Crippen LogP contribution in [0.2, 0.25) is 0 Å². The van der Waals surface area contributed by atoms with Gasteiger partial charge < -0.3 is 20.6 Å². The van der Waals surface area contributed by atoms with E-state index in [2.05, 4.69) is 9.97 Å². The number of ether oxygens (including phenoxy) is 1. The van der Waals surface area contributed by atoms with E-state index in [4.69, 9.17) is 15.6 Å². The average Bonchev–Trinajstić information content (AvgIpc) is 2.66. The quantitative estimate of drug-likeness (QED) is 0.630. The number of nitrogens with zero attached hydrogens (tertiary/aromatic N) is 1. The Morgan fingerprint density at radius 1 is 1.80 bits per heavy atom. The number of aromatic nitrogens is 2. The Labute approximate surface area is 89.9 Å². The fraction of sp³-hybridized carbons (Fsp3) is 0.500. The van der Waals surface area contributed by atoms with E-state index in [0.29, 0.717) is 11.3 Å². The van der Waals surface area contributed by atoms with Crippen LogP contribution >= 0.6 is 11.8 Å². The Balaban J connectivity index is 2.20. The number of nitrogens with two attached hydrogens (primary N) is 1. The van der Waals surface area contributed by atoms with Crippen molar-refractivity contribution >= 4 is 17.6 Å². The standard InChI is InChI=1S/C8H11N3O3S/c9-7-4(1-10-8(13)11-7)5-3-15-6(2-12)14-5/h1,5-6,12H,2-3H2,(H3,9,10,11,13)/t5-,6+/m0/s1. The largest absolute Gasteiger partial charge is 0.393 e. The van der Waals surface area contributed by atoms with Crippen molar-refractivity contribution in [2.45, 2.75) is 11.5 Å². The number of H-pyrrole nitrogens is 1. The first kappa shape index (κ1) is 10.5. The maximum absolute atomic E-state index is 10.8. The summed E-state index contributed by atoms with van der Waals surface area (Å²) in [6.07, 6.45) is 1.30. The van der Waals surface area contributed by atoms with Gasteiger partial charge in [0.2, 0.25) is 0 Å². The third-order valence-electron chi connectivity index (χ3n) is 2.11. The van der Waals surface area contributed by atoms with E-state index < -0.39 is 5.69 Å². The summed E-state index contributed by atoms with van der Waals surface area (Å²) in [4.78, 5) is 16.9. The molecule has 2 heterocycles. The van der Waals surface area contributed by atoms with Crippen LogP contribution < -0.4 is 11.4 Å². The number of nitrogens with one attached hydrogen (secondary N) is 1. The molecule has 0 bridgehead atoms. The topological polar surface area (TPSA) is 101 Å². The van der Waals surface area contributed by atoms with Gasteiger partial charge in [-0.3, -0.25) is 0 Å². The lowest BCUT2D eigenvalue weighted by Gasteiger charge is -2.11. The van der Waals surface area contributed by atoms with Gasteiger partial charge in [-0.25, -0.2) is 4.79 Å². The van der Waals surface area contributed by atoms with Gasteiger partial charge in [0.15, 0.2) is 0 Å². The molecular formula is C8H11N3O3S. The molecule has 2 rings (SSSR count). The molecule has 1 aromatic rings. The third-order valence-corrected chi connectivity index (χ3v) is 3.24. The minimum Gasteiger partial charge on any atom is -0.393 e. The van der Waals surface area contributed by atoms with Gasteiger partial charge in [0.25, 0.3) is 0 Å². The summed E-state index contributed by atoms with van der Waals surface area (Å²) in [5.74, 6) is 0.881. The third kappa shape index (κ3) is 2.14. The van der Waals surface area contributed by atoms with Gasteiger partial charge in [-0.15, -0.1) is 11.8 Å². The van der Waals surface area contributed by atoms with Crippen LogP contribution in [0.4, 0.5) is 5.82 Å². The summed E-state index contributed by atoms with van der Waals surface area (Å²) in [6, 6.07) is 0. The second-order valence-electron chi connectivity index (χ2n) is 3.12. The van der Waals surface area contributed by atoms with Crippen molar-refractivity contribution in [3.63, 3.8) is 0 Å². The number of thioether (sulfide) groups is 1. The Hall–Kier alpha value is -1.05. The Morgan fingerprint density at radius 3 is 3.20 bits per heavy atom. The van der Waals surface area contributed by atoms with E-state index in [-0.39, 0.29) is 24.0 Å². The lowest BCUT2D eigenvalue weighted by Crippen LogP contribution is -2.17. The van der Waals surface area contributed by atoms with Crippen LogP contribution in [-0.4, -0.2) is 32.9 Å². The Bertz CT molecular complexity index is 408. The first-order valence-corrected chi connectivity index (χ1v) is 5.48. The van der Waals surface area contributed by atoms with Crippen LogP contribution in [-0.2, 0) is 4.74 Å². The number of hydrogen-bond acceptors (Lipinski definition) is 6. The number of aliphatic hydroxyl groups is 1. The van der Waals surface area contributed by atoms with Crippen LogP contribution in [0.1, 0.15) is 11.7 Å². The van der Waals surface area contributed by atoms with Gasteiger partial charge in [0.05, 0.1) is 12.7 Å². The maximum Gasteiger partial charge on any atom is 0.346 e. The highest BCUT2D eigenvalue weighted by Gasteiger charge is 2.28. The molecule has 1 aliphatic heterocycles. The van der Waals surface area contributed by atoms with Crippen molar-refractivity contribution in [1.29, 1.82) is 0 Å². The molecule has 0 amide bonds. The van der Waals surface area contributed by atoms with E-state index >= 15 is 0 Å². The SMILES string of the molecule is Nc1nc(=O)[nH]cc1[C@@H]1CS[C@H](CO)O1. The number of rotatable bonds is 2. The number of aromatic amines is 1. The van der Waals surface area contributed by atoms with Gasteiger partial charge in [-0.1, -0.05) is 0 Å². The van der Waals surface area contributed by atoms with Crippen molar-refractivity contribution in [2.75, 3.05) is 18.1 Å². The summed E-state index contributed by atoms with van der Waals surface area (Å²) in [5, 5.41) is 8.89. The number of anilines is 1. The minimum absolute atomic E-state index is 0.0299. The fourth-order valence-electron chi connectivity index (χ4n) is 1.39. The van der Waals surface area contributed by atoms with Crippen molar-refractivity contribution in [3.8, 4) is 0 Å². The smallest absolute Gasteiger partial charge is 0.346 e. The zero-order valence-electron chi connectivity index (χ0n) is 7.84. The van der Waals surface area contributed by atoms with Gasteiger partial charge in [-0.05, 0) is 0 Å². The predicted molar refractivity (Wildman–Crippen MR) is 56.4 cm³/mol. The second kappa shape index (κ2) is 4.21. The van der Waals surface area contributed by atoms with Gasteiger partial charge in [0.1, 0.15) is 11.3 Å². The molecule has 1 fully saturated rings. The molecule has 0 aromatic carbocycles. The Morgan fingerprint density at radius 2 is 2.60 bits per heavy atom.